The third-order valence-electron chi connectivity index (χ3n) is 4.90. The van der Waals surface area contributed by atoms with Crippen molar-refractivity contribution >= 4 is 17.7 Å². The topological polar surface area (TPSA) is 89.4 Å². The SMILES string of the molecule is COC(=O)N(C)Cc1ccc(NC(=O)c2nc(C3CC3)n(-c3ccccc3)n2)cc1. The van der Waals surface area contributed by atoms with Gasteiger partial charge in [-0.3, -0.25) is 4.79 Å². The van der Waals surface area contributed by atoms with Crippen molar-refractivity contribution in [1.29, 1.82) is 0 Å². The molecule has 1 aliphatic carbocycles. The molecule has 1 fully saturated rings. The molecule has 0 unspecified atom stereocenters. The van der Waals surface area contributed by atoms with Crippen LogP contribution in [-0.4, -0.2) is 45.8 Å². The maximum Gasteiger partial charge on any atom is 0.409 e. The van der Waals surface area contributed by atoms with Crippen LogP contribution in [0, 0.1) is 0 Å². The smallest absolute Gasteiger partial charge is 0.409 e. The van der Waals surface area contributed by atoms with Crippen LogP contribution < -0.4 is 5.32 Å². The van der Waals surface area contributed by atoms with Gasteiger partial charge in [0, 0.05) is 25.2 Å². The fraction of sp³-hybridized carbons (Fsp3) is 0.273. The lowest BCUT2D eigenvalue weighted by atomic mass is 10.2. The van der Waals surface area contributed by atoms with Crippen LogP contribution in [0.1, 0.15) is 40.8 Å². The van der Waals surface area contributed by atoms with Crippen LogP contribution >= 0.6 is 0 Å². The molecule has 1 saturated carbocycles. The van der Waals surface area contributed by atoms with E-state index in [9.17, 15) is 9.59 Å². The third kappa shape index (κ3) is 4.32. The van der Waals surface area contributed by atoms with Gasteiger partial charge >= 0.3 is 6.09 Å². The first-order chi connectivity index (χ1) is 14.5. The molecule has 0 radical (unpaired) electrons. The zero-order valence-electron chi connectivity index (χ0n) is 16.9. The minimum Gasteiger partial charge on any atom is -0.453 e. The Morgan fingerprint density at radius 2 is 1.83 bits per heavy atom. The second-order valence-electron chi connectivity index (χ2n) is 7.29. The molecule has 1 heterocycles. The fourth-order valence-corrected chi connectivity index (χ4v) is 3.16. The Hall–Kier alpha value is -3.68. The Balaban J connectivity index is 1.47. The molecule has 0 spiro atoms. The standard InChI is InChI=1S/C22H23N5O3/c1-26(22(29)30-2)14-15-8-12-17(13-9-15)23-21(28)19-24-20(16-10-11-16)27(25-19)18-6-4-3-5-7-18/h3-9,12-13,16H,10-11,14H2,1-2H3,(H,23,28). The van der Waals surface area contributed by atoms with Gasteiger partial charge < -0.3 is 15.0 Å². The molecule has 154 valence electrons. The Morgan fingerprint density at radius 1 is 1.13 bits per heavy atom. The summed E-state index contributed by atoms with van der Waals surface area (Å²) in [5.41, 5.74) is 2.45. The number of rotatable bonds is 6. The number of hydrogen-bond acceptors (Lipinski definition) is 5. The molecular weight excluding hydrogens is 382 g/mol. The van der Waals surface area contributed by atoms with Gasteiger partial charge in [-0.25, -0.2) is 14.5 Å². The zero-order valence-corrected chi connectivity index (χ0v) is 16.9. The Labute approximate surface area is 174 Å². The Kier molecular flexibility index (Phi) is 5.47. The highest BCUT2D eigenvalue weighted by atomic mass is 16.5. The van der Waals surface area contributed by atoms with E-state index in [0.29, 0.717) is 18.2 Å². The van der Waals surface area contributed by atoms with E-state index in [4.69, 9.17) is 0 Å². The van der Waals surface area contributed by atoms with E-state index < -0.39 is 6.09 Å². The number of carbonyl (C=O) groups is 2. The van der Waals surface area contributed by atoms with Crippen LogP contribution in [0.15, 0.2) is 54.6 Å². The summed E-state index contributed by atoms with van der Waals surface area (Å²) in [7, 11) is 3.01. The van der Waals surface area contributed by atoms with Gasteiger partial charge in [0.15, 0.2) is 0 Å². The second kappa shape index (κ2) is 8.36. The highest BCUT2D eigenvalue weighted by Gasteiger charge is 2.31. The maximum atomic E-state index is 12.7. The molecule has 2 amide bonds. The fourth-order valence-electron chi connectivity index (χ4n) is 3.16. The summed E-state index contributed by atoms with van der Waals surface area (Å²) in [6.07, 6.45) is 1.72. The van der Waals surface area contributed by atoms with Crippen LogP contribution in [0.25, 0.3) is 5.69 Å². The third-order valence-corrected chi connectivity index (χ3v) is 4.90. The van der Waals surface area contributed by atoms with Crippen LogP contribution in [0.4, 0.5) is 10.5 Å². The van der Waals surface area contributed by atoms with E-state index >= 15 is 0 Å². The molecule has 1 aliphatic rings. The predicted octanol–water partition coefficient (Wildman–Crippen LogP) is 3.60. The van der Waals surface area contributed by atoms with E-state index in [2.05, 4.69) is 20.1 Å². The summed E-state index contributed by atoms with van der Waals surface area (Å²) < 4.78 is 6.45. The Bertz CT molecular complexity index is 1040. The van der Waals surface area contributed by atoms with Crippen LogP contribution in [0.2, 0.25) is 0 Å². The molecule has 8 nitrogen and oxygen atoms in total. The highest BCUT2D eigenvalue weighted by molar-refractivity contribution is 6.01. The number of amides is 2. The van der Waals surface area contributed by atoms with Crippen LogP contribution in [0.5, 0.6) is 0 Å². The average Bonchev–Trinajstić information content (AvgIpc) is 3.52. The number of aromatic nitrogens is 3. The van der Waals surface area contributed by atoms with Crippen molar-refractivity contribution in [2.45, 2.75) is 25.3 Å². The van der Waals surface area contributed by atoms with Gasteiger partial charge in [0.2, 0.25) is 5.82 Å². The molecule has 0 atom stereocenters. The van der Waals surface area contributed by atoms with Crippen molar-refractivity contribution in [2.75, 3.05) is 19.5 Å². The van der Waals surface area contributed by atoms with Crippen molar-refractivity contribution in [1.82, 2.24) is 19.7 Å². The van der Waals surface area contributed by atoms with Crippen molar-refractivity contribution in [2.24, 2.45) is 0 Å². The first-order valence-corrected chi connectivity index (χ1v) is 9.77. The van der Waals surface area contributed by atoms with Crippen molar-refractivity contribution in [3.63, 3.8) is 0 Å². The van der Waals surface area contributed by atoms with Gasteiger partial charge in [-0.05, 0) is 42.7 Å². The number of methoxy groups -OCH3 is 1. The summed E-state index contributed by atoms with van der Waals surface area (Å²) in [4.78, 5) is 30.2. The molecule has 0 aliphatic heterocycles. The van der Waals surface area contributed by atoms with E-state index in [1.54, 1.807) is 23.9 Å². The van der Waals surface area contributed by atoms with Crippen molar-refractivity contribution < 1.29 is 14.3 Å². The number of benzene rings is 2. The molecule has 0 bridgehead atoms. The van der Waals surface area contributed by atoms with E-state index in [-0.39, 0.29) is 11.7 Å². The normalized spacial score (nSPS) is 13.0. The van der Waals surface area contributed by atoms with Crippen molar-refractivity contribution in [3.05, 3.63) is 71.8 Å². The molecule has 30 heavy (non-hydrogen) atoms. The molecule has 4 rings (SSSR count). The average molecular weight is 405 g/mol. The van der Waals surface area contributed by atoms with Gasteiger partial charge in [0.25, 0.3) is 5.91 Å². The van der Waals surface area contributed by atoms with E-state index in [0.717, 1.165) is 29.9 Å². The Morgan fingerprint density at radius 3 is 2.47 bits per heavy atom. The zero-order chi connectivity index (χ0) is 21.1. The maximum absolute atomic E-state index is 12.7. The monoisotopic (exact) mass is 405 g/mol. The summed E-state index contributed by atoms with van der Waals surface area (Å²) in [6, 6.07) is 17.0. The lowest BCUT2D eigenvalue weighted by Crippen LogP contribution is -2.25. The minimum atomic E-state index is -0.404. The molecule has 1 N–H and O–H groups in total. The largest absolute Gasteiger partial charge is 0.453 e. The summed E-state index contributed by atoms with van der Waals surface area (Å²) in [6.45, 7) is 0.411. The molecule has 0 saturated heterocycles. The van der Waals surface area contributed by atoms with E-state index in [1.807, 2.05) is 42.5 Å². The van der Waals surface area contributed by atoms with Gasteiger partial charge in [0.05, 0.1) is 12.8 Å². The summed E-state index contributed by atoms with van der Waals surface area (Å²) >= 11 is 0. The van der Waals surface area contributed by atoms with Crippen molar-refractivity contribution in [3.8, 4) is 5.69 Å². The van der Waals surface area contributed by atoms with Crippen LogP contribution in [0.3, 0.4) is 0 Å². The molecular formula is C22H23N5O3. The van der Waals surface area contributed by atoms with Gasteiger partial charge in [-0.1, -0.05) is 30.3 Å². The summed E-state index contributed by atoms with van der Waals surface area (Å²) in [5, 5.41) is 7.30. The summed E-state index contributed by atoms with van der Waals surface area (Å²) in [5.74, 6) is 0.971. The van der Waals surface area contributed by atoms with Gasteiger partial charge in [0.1, 0.15) is 5.82 Å². The van der Waals surface area contributed by atoms with Gasteiger partial charge in [-0.2, -0.15) is 0 Å². The highest BCUT2D eigenvalue weighted by Crippen LogP contribution is 2.39. The second-order valence-corrected chi connectivity index (χ2v) is 7.29. The van der Waals surface area contributed by atoms with Crippen LogP contribution in [-0.2, 0) is 11.3 Å². The van der Waals surface area contributed by atoms with E-state index in [1.165, 1.54) is 12.0 Å². The molecule has 1 aromatic heterocycles. The number of para-hydroxylation sites is 1. The first-order valence-electron chi connectivity index (χ1n) is 9.77. The number of nitrogens with zero attached hydrogens (tertiary/aromatic N) is 4. The number of ether oxygens (including phenoxy) is 1. The van der Waals surface area contributed by atoms with Gasteiger partial charge in [-0.15, -0.1) is 5.10 Å². The quantitative estimate of drug-likeness (QED) is 0.677. The predicted molar refractivity (Wildman–Crippen MR) is 112 cm³/mol. The minimum absolute atomic E-state index is 0.148. The number of nitrogens with one attached hydrogen (secondary N) is 1. The number of anilines is 1. The molecule has 2 aromatic carbocycles. The molecule has 3 aromatic rings. The number of hydrogen-bond donors (Lipinski definition) is 1. The first kappa shape index (κ1) is 19.6. The molecule has 8 heteroatoms. The lowest BCUT2D eigenvalue weighted by molar-refractivity contribution is 0.101. The lowest BCUT2D eigenvalue weighted by Gasteiger charge is -2.15. The number of carbonyl (C=O) groups excluding carboxylic acids is 2.